The molecular formula is C16H26N2O. The number of morpholine rings is 1. The van der Waals surface area contributed by atoms with Crippen LogP contribution in [0.1, 0.15) is 30.5 Å². The summed E-state index contributed by atoms with van der Waals surface area (Å²) in [6.07, 6.45) is 1.13. The van der Waals surface area contributed by atoms with E-state index in [0.29, 0.717) is 6.04 Å². The van der Waals surface area contributed by atoms with Crippen molar-refractivity contribution in [2.45, 2.75) is 26.3 Å². The van der Waals surface area contributed by atoms with Crippen molar-refractivity contribution in [1.29, 1.82) is 0 Å². The fourth-order valence-electron chi connectivity index (χ4n) is 2.52. The molecule has 3 nitrogen and oxygen atoms in total. The zero-order valence-electron chi connectivity index (χ0n) is 12.2. The molecule has 1 aliphatic heterocycles. The van der Waals surface area contributed by atoms with Gasteiger partial charge in [0.05, 0.1) is 13.2 Å². The van der Waals surface area contributed by atoms with Gasteiger partial charge in [0.15, 0.2) is 0 Å². The first-order valence-corrected chi connectivity index (χ1v) is 7.39. The van der Waals surface area contributed by atoms with Crippen molar-refractivity contribution in [2.24, 2.45) is 0 Å². The molecule has 0 bridgehead atoms. The molecule has 0 amide bonds. The lowest BCUT2D eigenvalue weighted by Crippen LogP contribution is -2.40. The lowest BCUT2D eigenvalue weighted by Gasteiger charge is -2.27. The maximum atomic E-state index is 5.37. The molecule has 1 fully saturated rings. The number of ether oxygens (including phenoxy) is 1. The predicted molar refractivity (Wildman–Crippen MR) is 79.5 cm³/mol. The standard InChI is InChI=1S/C16H26N2O/c1-3-16(15-6-4-14(2)5-7-15)17-8-9-18-10-12-19-13-11-18/h4-7,16-17H,3,8-13H2,1-2H3. The quantitative estimate of drug-likeness (QED) is 0.852. The summed E-state index contributed by atoms with van der Waals surface area (Å²) < 4.78 is 5.37. The second-order valence-corrected chi connectivity index (χ2v) is 5.28. The monoisotopic (exact) mass is 262 g/mol. The average molecular weight is 262 g/mol. The number of benzene rings is 1. The molecule has 0 spiro atoms. The van der Waals surface area contributed by atoms with Gasteiger partial charge in [0.25, 0.3) is 0 Å². The fraction of sp³-hybridized carbons (Fsp3) is 0.625. The van der Waals surface area contributed by atoms with Crippen molar-refractivity contribution in [3.8, 4) is 0 Å². The second kappa shape index (κ2) is 7.63. The molecule has 106 valence electrons. The third kappa shape index (κ3) is 4.60. The lowest BCUT2D eigenvalue weighted by atomic mass is 10.0. The van der Waals surface area contributed by atoms with Gasteiger partial charge in [0, 0.05) is 32.2 Å². The summed E-state index contributed by atoms with van der Waals surface area (Å²) >= 11 is 0. The van der Waals surface area contributed by atoms with Crippen LogP contribution in [0.2, 0.25) is 0 Å². The molecule has 1 aliphatic rings. The van der Waals surface area contributed by atoms with Crippen molar-refractivity contribution in [1.82, 2.24) is 10.2 Å². The van der Waals surface area contributed by atoms with Crippen LogP contribution in [0.4, 0.5) is 0 Å². The minimum absolute atomic E-state index is 0.474. The van der Waals surface area contributed by atoms with Gasteiger partial charge in [-0.1, -0.05) is 36.8 Å². The van der Waals surface area contributed by atoms with E-state index >= 15 is 0 Å². The van der Waals surface area contributed by atoms with Gasteiger partial charge < -0.3 is 10.1 Å². The topological polar surface area (TPSA) is 24.5 Å². The van der Waals surface area contributed by atoms with Crippen LogP contribution >= 0.6 is 0 Å². The highest BCUT2D eigenvalue weighted by Gasteiger charge is 2.12. The van der Waals surface area contributed by atoms with E-state index in [1.807, 2.05) is 0 Å². The van der Waals surface area contributed by atoms with Crippen LogP contribution in [-0.2, 0) is 4.74 Å². The van der Waals surface area contributed by atoms with Crippen LogP contribution in [0, 0.1) is 6.92 Å². The van der Waals surface area contributed by atoms with Crippen LogP contribution < -0.4 is 5.32 Å². The Hall–Kier alpha value is -0.900. The highest BCUT2D eigenvalue weighted by atomic mass is 16.5. The van der Waals surface area contributed by atoms with E-state index in [2.05, 4.69) is 48.3 Å². The summed E-state index contributed by atoms with van der Waals surface area (Å²) in [6, 6.07) is 9.35. The van der Waals surface area contributed by atoms with Crippen LogP contribution in [-0.4, -0.2) is 44.3 Å². The summed E-state index contributed by atoms with van der Waals surface area (Å²) in [7, 11) is 0. The van der Waals surface area contributed by atoms with Crippen molar-refractivity contribution in [3.63, 3.8) is 0 Å². The van der Waals surface area contributed by atoms with Crippen LogP contribution in [0.25, 0.3) is 0 Å². The number of aryl methyl sites for hydroxylation is 1. The third-order valence-electron chi connectivity index (χ3n) is 3.81. The zero-order chi connectivity index (χ0) is 13.5. The van der Waals surface area contributed by atoms with Crippen molar-refractivity contribution < 1.29 is 4.74 Å². The van der Waals surface area contributed by atoms with Crippen molar-refractivity contribution in [2.75, 3.05) is 39.4 Å². The summed E-state index contributed by atoms with van der Waals surface area (Å²) in [5, 5.41) is 3.67. The van der Waals surface area contributed by atoms with E-state index < -0.39 is 0 Å². The molecule has 1 saturated heterocycles. The number of rotatable bonds is 6. The van der Waals surface area contributed by atoms with Crippen LogP contribution in [0.5, 0.6) is 0 Å². The Morgan fingerprint density at radius 2 is 1.89 bits per heavy atom. The number of nitrogens with one attached hydrogen (secondary N) is 1. The van der Waals surface area contributed by atoms with Gasteiger partial charge in [-0.05, 0) is 18.9 Å². The van der Waals surface area contributed by atoms with E-state index in [9.17, 15) is 0 Å². The van der Waals surface area contributed by atoms with Crippen LogP contribution in [0.3, 0.4) is 0 Å². The van der Waals surface area contributed by atoms with Gasteiger partial charge in [-0.3, -0.25) is 4.90 Å². The molecule has 1 aromatic rings. The Labute approximate surface area is 116 Å². The molecular weight excluding hydrogens is 236 g/mol. The van der Waals surface area contributed by atoms with Gasteiger partial charge >= 0.3 is 0 Å². The first-order chi connectivity index (χ1) is 9.29. The molecule has 0 aromatic heterocycles. The van der Waals surface area contributed by atoms with Crippen LogP contribution in [0.15, 0.2) is 24.3 Å². The molecule has 0 radical (unpaired) electrons. The van der Waals surface area contributed by atoms with Gasteiger partial charge in [0.1, 0.15) is 0 Å². The van der Waals surface area contributed by atoms with Crippen molar-refractivity contribution >= 4 is 0 Å². The summed E-state index contributed by atoms with van der Waals surface area (Å²) in [5.41, 5.74) is 2.72. The Bertz CT molecular complexity index is 358. The first kappa shape index (κ1) is 14.5. The molecule has 0 aliphatic carbocycles. The van der Waals surface area contributed by atoms with E-state index in [0.717, 1.165) is 45.8 Å². The SMILES string of the molecule is CCC(NCCN1CCOCC1)c1ccc(C)cc1. The summed E-state index contributed by atoms with van der Waals surface area (Å²) in [4.78, 5) is 2.47. The van der Waals surface area contributed by atoms with Gasteiger partial charge in [-0.2, -0.15) is 0 Å². The smallest absolute Gasteiger partial charge is 0.0594 e. The molecule has 1 atom stereocenters. The minimum Gasteiger partial charge on any atom is -0.379 e. The minimum atomic E-state index is 0.474. The number of nitrogens with zero attached hydrogens (tertiary/aromatic N) is 1. The highest BCUT2D eigenvalue weighted by Crippen LogP contribution is 2.16. The molecule has 0 saturated carbocycles. The largest absolute Gasteiger partial charge is 0.379 e. The summed E-state index contributed by atoms with van der Waals surface area (Å²) in [6.45, 7) is 10.5. The molecule has 1 heterocycles. The molecule has 1 aromatic carbocycles. The van der Waals surface area contributed by atoms with Gasteiger partial charge in [-0.15, -0.1) is 0 Å². The fourth-order valence-corrected chi connectivity index (χ4v) is 2.52. The van der Waals surface area contributed by atoms with Gasteiger partial charge in [-0.25, -0.2) is 0 Å². The Kier molecular flexibility index (Phi) is 5.83. The second-order valence-electron chi connectivity index (χ2n) is 5.28. The number of hydrogen-bond acceptors (Lipinski definition) is 3. The van der Waals surface area contributed by atoms with E-state index in [1.54, 1.807) is 0 Å². The lowest BCUT2D eigenvalue weighted by molar-refractivity contribution is 0.0381. The molecule has 2 rings (SSSR count). The predicted octanol–water partition coefficient (Wildman–Crippen LogP) is 2.37. The molecule has 1 N–H and O–H groups in total. The molecule has 1 unspecified atom stereocenters. The Morgan fingerprint density at radius 3 is 2.53 bits per heavy atom. The van der Waals surface area contributed by atoms with E-state index in [-0.39, 0.29) is 0 Å². The van der Waals surface area contributed by atoms with Gasteiger partial charge in [0.2, 0.25) is 0 Å². The number of hydrogen-bond donors (Lipinski definition) is 1. The third-order valence-corrected chi connectivity index (χ3v) is 3.81. The first-order valence-electron chi connectivity index (χ1n) is 7.39. The average Bonchev–Trinajstić information content (AvgIpc) is 2.46. The van der Waals surface area contributed by atoms with Crippen molar-refractivity contribution in [3.05, 3.63) is 35.4 Å². The highest BCUT2D eigenvalue weighted by molar-refractivity contribution is 5.24. The normalized spacial score (nSPS) is 18.4. The van der Waals surface area contributed by atoms with E-state index in [1.165, 1.54) is 11.1 Å². The summed E-state index contributed by atoms with van der Waals surface area (Å²) in [5.74, 6) is 0. The maximum absolute atomic E-state index is 5.37. The maximum Gasteiger partial charge on any atom is 0.0594 e. The Balaban J connectivity index is 1.77. The van der Waals surface area contributed by atoms with E-state index in [4.69, 9.17) is 4.74 Å². The molecule has 3 heteroatoms. The Morgan fingerprint density at radius 1 is 1.21 bits per heavy atom. The molecule has 19 heavy (non-hydrogen) atoms. The zero-order valence-corrected chi connectivity index (χ0v) is 12.2.